The molecule has 1 unspecified atom stereocenters. The molecule has 3 heterocycles. The van der Waals surface area contributed by atoms with Gasteiger partial charge in [-0.05, 0) is 79.7 Å². The van der Waals surface area contributed by atoms with Gasteiger partial charge >= 0.3 is 0 Å². The minimum absolute atomic E-state index is 0.0630. The monoisotopic (exact) mass is 487 g/mol. The first-order valence-electron chi connectivity index (χ1n) is 12.7. The number of rotatable bonds is 9. The van der Waals surface area contributed by atoms with Crippen molar-refractivity contribution in [3.8, 4) is 5.88 Å². The van der Waals surface area contributed by atoms with Gasteiger partial charge in [0.1, 0.15) is 5.82 Å². The number of nitrogens with zero attached hydrogens (tertiary/aromatic N) is 3. The van der Waals surface area contributed by atoms with Crippen LogP contribution in [0.3, 0.4) is 0 Å². The number of pyridine rings is 2. The Balaban J connectivity index is 1.34. The molecule has 1 aromatic carbocycles. The highest BCUT2D eigenvalue weighted by Crippen LogP contribution is 2.24. The van der Waals surface area contributed by atoms with Gasteiger partial charge in [-0.3, -0.25) is 4.79 Å². The fraction of sp³-hybridized carbons (Fsp3) is 0.414. The average Bonchev–Trinajstić information content (AvgIpc) is 3.27. The summed E-state index contributed by atoms with van der Waals surface area (Å²) in [6.45, 7) is 8.83. The minimum Gasteiger partial charge on any atom is -0.478 e. The lowest BCUT2D eigenvalue weighted by atomic mass is 9.87. The number of nitrogens with one attached hydrogen (secondary N) is 2. The van der Waals surface area contributed by atoms with E-state index in [0.717, 1.165) is 17.7 Å². The van der Waals surface area contributed by atoms with E-state index in [0.29, 0.717) is 36.5 Å². The third-order valence-corrected chi connectivity index (χ3v) is 6.69. The summed E-state index contributed by atoms with van der Waals surface area (Å²) in [5.74, 6) is 0.947. The van der Waals surface area contributed by atoms with Crippen molar-refractivity contribution in [1.82, 2.24) is 14.9 Å². The standard InChI is InChI=1S/C29H37N5O2/c1-29(2,3)22-9-11-23(12-10-22)33-28(35)25-8-5-15-31-27(25)32-20-21-13-16-30-26(19-21)36-18-14-24-7-6-17-34(24)4/h5,8-13,15-16,19,24H,6-7,14,17-18,20H2,1-4H3,(H,31,32)(H,33,35). The van der Waals surface area contributed by atoms with Gasteiger partial charge < -0.3 is 20.3 Å². The number of hydrogen-bond donors (Lipinski definition) is 2. The lowest BCUT2D eigenvalue weighted by Crippen LogP contribution is -2.26. The Kier molecular flexibility index (Phi) is 8.21. The lowest BCUT2D eigenvalue weighted by Gasteiger charge is -2.19. The van der Waals surface area contributed by atoms with Crippen molar-refractivity contribution in [2.24, 2.45) is 0 Å². The fourth-order valence-corrected chi connectivity index (χ4v) is 4.45. The number of hydrogen-bond acceptors (Lipinski definition) is 6. The summed E-state index contributed by atoms with van der Waals surface area (Å²) < 4.78 is 5.92. The van der Waals surface area contributed by atoms with E-state index in [1.807, 2.05) is 36.4 Å². The summed E-state index contributed by atoms with van der Waals surface area (Å²) in [6.07, 6.45) is 6.93. The largest absolute Gasteiger partial charge is 0.478 e. The number of anilines is 2. The summed E-state index contributed by atoms with van der Waals surface area (Å²) in [6, 6.07) is 16.0. The molecular formula is C29H37N5O2. The molecule has 1 aliphatic heterocycles. The van der Waals surface area contributed by atoms with Crippen LogP contribution in [0.4, 0.5) is 11.5 Å². The summed E-state index contributed by atoms with van der Waals surface area (Å²) in [5.41, 5.74) is 3.53. The molecule has 0 aliphatic carbocycles. The van der Waals surface area contributed by atoms with Crippen molar-refractivity contribution < 1.29 is 9.53 Å². The van der Waals surface area contributed by atoms with Gasteiger partial charge in [-0.15, -0.1) is 0 Å². The molecule has 1 amide bonds. The Morgan fingerprint density at radius 1 is 1.11 bits per heavy atom. The smallest absolute Gasteiger partial charge is 0.259 e. The van der Waals surface area contributed by atoms with E-state index in [1.165, 1.54) is 24.9 Å². The molecule has 2 N–H and O–H groups in total. The summed E-state index contributed by atoms with van der Waals surface area (Å²) >= 11 is 0. The predicted molar refractivity (Wildman–Crippen MR) is 145 cm³/mol. The minimum atomic E-state index is -0.204. The summed E-state index contributed by atoms with van der Waals surface area (Å²) in [4.78, 5) is 24.2. The molecule has 1 fully saturated rings. The maximum atomic E-state index is 13.0. The van der Waals surface area contributed by atoms with Crippen LogP contribution in [-0.4, -0.2) is 47.0 Å². The van der Waals surface area contributed by atoms with E-state index >= 15 is 0 Å². The zero-order valence-electron chi connectivity index (χ0n) is 21.8. The number of aromatic nitrogens is 2. The van der Waals surface area contributed by atoms with Crippen LogP contribution in [0.2, 0.25) is 0 Å². The number of carbonyl (C=O) groups is 1. The van der Waals surface area contributed by atoms with Crippen molar-refractivity contribution in [2.45, 2.75) is 58.0 Å². The van der Waals surface area contributed by atoms with E-state index in [4.69, 9.17) is 4.74 Å². The Hall–Kier alpha value is -3.45. The van der Waals surface area contributed by atoms with E-state index in [2.05, 4.69) is 53.3 Å². The molecule has 0 saturated carbocycles. The Labute approximate surface area is 214 Å². The maximum absolute atomic E-state index is 13.0. The topological polar surface area (TPSA) is 79.4 Å². The average molecular weight is 488 g/mol. The molecule has 3 aromatic rings. The molecule has 1 aliphatic rings. The second-order valence-corrected chi connectivity index (χ2v) is 10.5. The van der Waals surface area contributed by atoms with Crippen LogP contribution >= 0.6 is 0 Å². The fourth-order valence-electron chi connectivity index (χ4n) is 4.45. The molecule has 0 bridgehead atoms. The molecule has 0 radical (unpaired) electrons. The Morgan fingerprint density at radius 3 is 2.64 bits per heavy atom. The molecular weight excluding hydrogens is 450 g/mol. The van der Waals surface area contributed by atoms with Crippen LogP contribution in [0.25, 0.3) is 0 Å². The molecule has 7 heteroatoms. The van der Waals surface area contributed by atoms with Gasteiger partial charge in [0.05, 0.1) is 12.2 Å². The number of ether oxygens (including phenoxy) is 1. The highest BCUT2D eigenvalue weighted by Gasteiger charge is 2.20. The quantitative estimate of drug-likeness (QED) is 0.415. The van der Waals surface area contributed by atoms with Crippen LogP contribution in [0.15, 0.2) is 60.9 Å². The number of carbonyl (C=O) groups excluding carboxylic acids is 1. The van der Waals surface area contributed by atoms with Gasteiger partial charge in [0.2, 0.25) is 5.88 Å². The normalized spacial score (nSPS) is 16.1. The molecule has 1 atom stereocenters. The van der Waals surface area contributed by atoms with E-state index in [1.54, 1.807) is 24.5 Å². The van der Waals surface area contributed by atoms with Gasteiger partial charge in [0.25, 0.3) is 5.91 Å². The molecule has 1 saturated heterocycles. The summed E-state index contributed by atoms with van der Waals surface area (Å²) in [5, 5.41) is 6.28. The van der Waals surface area contributed by atoms with E-state index in [9.17, 15) is 4.79 Å². The molecule has 2 aromatic heterocycles. The van der Waals surface area contributed by atoms with Crippen LogP contribution in [0.1, 0.15) is 61.5 Å². The third kappa shape index (κ3) is 6.82. The van der Waals surface area contributed by atoms with Gasteiger partial charge in [-0.1, -0.05) is 32.9 Å². The first-order valence-corrected chi connectivity index (χ1v) is 12.7. The Bertz CT molecular complexity index is 1160. The first-order chi connectivity index (χ1) is 17.3. The van der Waals surface area contributed by atoms with Crippen molar-refractivity contribution in [2.75, 3.05) is 30.8 Å². The summed E-state index contributed by atoms with van der Waals surface area (Å²) in [7, 11) is 2.18. The van der Waals surface area contributed by atoms with Crippen molar-refractivity contribution in [3.63, 3.8) is 0 Å². The molecule has 190 valence electrons. The zero-order chi connectivity index (χ0) is 25.5. The molecule has 36 heavy (non-hydrogen) atoms. The number of amides is 1. The van der Waals surface area contributed by atoms with Crippen molar-refractivity contribution in [1.29, 1.82) is 0 Å². The highest BCUT2D eigenvalue weighted by molar-refractivity contribution is 6.07. The maximum Gasteiger partial charge on any atom is 0.259 e. The molecule has 4 rings (SSSR count). The van der Waals surface area contributed by atoms with Crippen LogP contribution in [-0.2, 0) is 12.0 Å². The van der Waals surface area contributed by atoms with Gasteiger partial charge in [-0.2, -0.15) is 0 Å². The first kappa shape index (κ1) is 25.6. The van der Waals surface area contributed by atoms with Gasteiger partial charge in [0.15, 0.2) is 0 Å². The molecule has 0 spiro atoms. The Morgan fingerprint density at radius 2 is 1.92 bits per heavy atom. The van der Waals surface area contributed by atoms with Crippen molar-refractivity contribution in [3.05, 3.63) is 77.6 Å². The third-order valence-electron chi connectivity index (χ3n) is 6.69. The molecule has 7 nitrogen and oxygen atoms in total. The number of likely N-dealkylation sites (tertiary alicyclic amines) is 1. The van der Waals surface area contributed by atoms with E-state index < -0.39 is 0 Å². The van der Waals surface area contributed by atoms with Crippen LogP contribution < -0.4 is 15.4 Å². The van der Waals surface area contributed by atoms with Gasteiger partial charge in [0, 0.05) is 36.7 Å². The highest BCUT2D eigenvalue weighted by atomic mass is 16.5. The van der Waals surface area contributed by atoms with Crippen LogP contribution in [0, 0.1) is 0 Å². The van der Waals surface area contributed by atoms with E-state index in [-0.39, 0.29) is 11.3 Å². The SMILES string of the molecule is CN1CCCC1CCOc1cc(CNc2ncccc2C(=O)Nc2ccc(C(C)(C)C)cc2)ccn1. The number of benzene rings is 1. The second kappa shape index (κ2) is 11.5. The van der Waals surface area contributed by atoms with Crippen LogP contribution in [0.5, 0.6) is 5.88 Å². The van der Waals surface area contributed by atoms with Crippen molar-refractivity contribution >= 4 is 17.4 Å². The van der Waals surface area contributed by atoms with Gasteiger partial charge in [-0.25, -0.2) is 9.97 Å². The lowest BCUT2D eigenvalue weighted by molar-refractivity contribution is 0.102. The predicted octanol–water partition coefficient (Wildman–Crippen LogP) is 5.50. The zero-order valence-corrected chi connectivity index (χ0v) is 21.8. The second-order valence-electron chi connectivity index (χ2n) is 10.5.